The maximum atomic E-state index is 4.38. The molecule has 0 amide bonds. The van der Waals surface area contributed by atoms with Crippen molar-refractivity contribution < 1.29 is 0 Å². The fourth-order valence-electron chi connectivity index (χ4n) is 1.55. The summed E-state index contributed by atoms with van der Waals surface area (Å²) in [5.74, 6) is 0. The molecule has 1 N–H and O–H groups in total. The van der Waals surface area contributed by atoms with E-state index in [1.807, 2.05) is 6.20 Å². The topological polar surface area (TPSA) is 28.2 Å². The molecule has 1 heterocycles. The lowest BCUT2D eigenvalue weighted by atomic mass is 10.3. The second-order valence-electron chi connectivity index (χ2n) is 4.22. The Morgan fingerprint density at radius 2 is 2.19 bits per heavy atom. The van der Waals surface area contributed by atoms with Gasteiger partial charge in [-0.25, -0.2) is 4.98 Å². The number of anilines is 1. The summed E-state index contributed by atoms with van der Waals surface area (Å²) >= 11 is 1.77. The second-order valence-corrected chi connectivity index (χ2v) is 5.33. The summed E-state index contributed by atoms with van der Waals surface area (Å²) in [6, 6.07) is 0.596. The Kier molecular flexibility index (Phi) is 5.77. The first-order valence-corrected chi connectivity index (χ1v) is 6.91. The number of rotatable bonds is 7. The molecule has 0 saturated heterocycles. The molecule has 0 aliphatic rings. The van der Waals surface area contributed by atoms with Crippen LogP contribution in [0.25, 0.3) is 0 Å². The number of thiazole rings is 1. The van der Waals surface area contributed by atoms with Crippen LogP contribution in [0.4, 0.5) is 5.13 Å². The van der Waals surface area contributed by atoms with Gasteiger partial charge in [-0.3, -0.25) is 4.90 Å². The highest BCUT2D eigenvalue weighted by Gasteiger charge is 2.09. The maximum absolute atomic E-state index is 4.38. The SMILES string of the molecule is CCCNc1ncc(CN(CC)C(C)C)s1. The van der Waals surface area contributed by atoms with Crippen LogP contribution in [0, 0.1) is 0 Å². The molecule has 0 bridgehead atoms. The first-order valence-electron chi connectivity index (χ1n) is 6.10. The highest BCUT2D eigenvalue weighted by molar-refractivity contribution is 7.15. The third kappa shape index (κ3) is 4.10. The molecule has 3 nitrogen and oxygen atoms in total. The number of nitrogens with zero attached hydrogens (tertiary/aromatic N) is 2. The lowest BCUT2D eigenvalue weighted by Crippen LogP contribution is -2.29. The van der Waals surface area contributed by atoms with E-state index in [0.29, 0.717) is 6.04 Å². The van der Waals surface area contributed by atoms with Gasteiger partial charge in [-0.2, -0.15) is 0 Å². The molecule has 0 spiro atoms. The van der Waals surface area contributed by atoms with Crippen LogP contribution < -0.4 is 5.32 Å². The van der Waals surface area contributed by atoms with Gasteiger partial charge in [0.15, 0.2) is 5.13 Å². The third-order valence-corrected chi connectivity index (χ3v) is 3.51. The Hall–Kier alpha value is -0.610. The molecule has 16 heavy (non-hydrogen) atoms. The molecule has 1 rings (SSSR count). The van der Waals surface area contributed by atoms with Gasteiger partial charge in [0.1, 0.15) is 0 Å². The number of hydrogen-bond donors (Lipinski definition) is 1. The average molecular weight is 241 g/mol. The summed E-state index contributed by atoms with van der Waals surface area (Å²) < 4.78 is 0. The van der Waals surface area contributed by atoms with E-state index in [2.05, 4.69) is 42.9 Å². The fourth-order valence-corrected chi connectivity index (χ4v) is 2.42. The summed E-state index contributed by atoms with van der Waals surface area (Å²) in [4.78, 5) is 8.16. The zero-order valence-corrected chi connectivity index (χ0v) is 11.6. The molecule has 1 aromatic heterocycles. The minimum absolute atomic E-state index is 0.596. The van der Waals surface area contributed by atoms with Crippen molar-refractivity contribution in [3.8, 4) is 0 Å². The van der Waals surface area contributed by atoms with E-state index in [9.17, 15) is 0 Å². The number of hydrogen-bond acceptors (Lipinski definition) is 4. The third-order valence-electron chi connectivity index (χ3n) is 2.58. The van der Waals surface area contributed by atoms with Crippen molar-refractivity contribution in [3.63, 3.8) is 0 Å². The second kappa shape index (κ2) is 6.86. The molecule has 0 fully saturated rings. The first-order chi connectivity index (χ1) is 7.67. The smallest absolute Gasteiger partial charge is 0.182 e. The van der Waals surface area contributed by atoms with E-state index in [4.69, 9.17) is 0 Å². The number of aromatic nitrogens is 1. The fraction of sp³-hybridized carbons (Fsp3) is 0.750. The van der Waals surface area contributed by atoms with Crippen LogP contribution >= 0.6 is 11.3 Å². The summed E-state index contributed by atoms with van der Waals surface area (Å²) in [6.07, 6.45) is 3.13. The standard InChI is InChI=1S/C12H23N3S/c1-5-7-13-12-14-8-11(16-12)9-15(6-2)10(3)4/h8,10H,5-7,9H2,1-4H3,(H,13,14). The average Bonchev–Trinajstić information content (AvgIpc) is 2.70. The zero-order chi connectivity index (χ0) is 12.0. The summed E-state index contributed by atoms with van der Waals surface area (Å²) in [5.41, 5.74) is 0. The highest BCUT2D eigenvalue weighted by atomic mass is 32.1. The van der Waals surface area contributed by atoms with Crippen LogP contribution in [-0.4, -0.2) is 29.0 Å². The van der Waals surface area contributed by atoms with Crippen LogP contribution in [-0.2, 0) is 6.54 Å². The van der Waals surface area contributed by atoms with Crippen molar-refractivity contribution in [2.75, 3.05) is 18.4 Å². The first kappa shape index (κ1) is 13.5. The van der Waals surface area contributed by atoms with Gasteiger partial charge in [0.05, 0.1) is 0 Å². The summed E-state index contributed by atoms with van der Waals surface area (Å²) in [7, 11) is 0. The molecule has 1 aromatic rings. The van der Waals surface area contributed by atoms with Crippen LogP contribution in [0.2, 0.25) is 0 Å². The van der Waals surface area contributed by atoms with Crippen molar-refractivity contribution in [2.45, 2.75) is 46.7 Å². The Labute approximate surface area is 103 Å². The Balaban J connectivity index is 2.50. The summed E-state index contributed by atoms with van der Waals surface area (Å²) in [6.45, 7) is 12.0. The highest BCUT2D eigenvalue weighted by Crippen LogP contribution is 2.20. The minimum Gasteiger partial charge on any atom is -0.362 e. The van der Waals surface area contributed by atoms with Crippen molar-refractivity contribution in [1.29, 1.82) is 0 Å². The maximum Gasteiger partial charge on any atom is 0.182 e. The van der Waals surface area contributed by atoms with E-state index in [1.54, 1.807) is 11.3 Å². The zero-order valence-electron chi connectivity index (χ0n) is 10.8. The predicted octanol–water partition coefficient (Wildman–Crippen LogP) is 3.20. The van der Waals surface area contributed by atoms with Crippen LogP contribution in [0.3, 0.4) is 0 Å². The van der Waals surface area contributed by atoms with Gasteiger partial charge in [-0.1, -0.05) is 13.8 Å². The van der Waals surface area contributed by atoms with Crippen molar-refractivity contribution in [1.82, 2.24) is 9.88 Å². The van der Waals surface area contributed by atoms with Gasteiger partial charge >= 0.3 is 0 Å². The van der Waals surface area contributed by atoms with E-state index < -0.39 is 0 Å². The van der Waals surface area contributed by atoms with Crippen molar-refractivity contribution in [2.24, 2.45) is 0 Å². The van der Waals surface area contributed by atoms with Gasteiger partial charge in [-0.05, 0) is 26.8 Å². The van der Waals surface area contributed by atoms with Crippen LogP contribution in [0.5, 0.6) is 0 Å². The van der Waals surface area contributed by atoms with Gasteiger partial charge in [0.2, 0.25) is 0 Å². The van der Waals surface area contributed by atoms with Crippen molar-refractivity contribution in [3.05, 3.63) is 11.1 Å². The van der Waals surface area contributed by atoms with Gasteiger partial charge in [0.25, 0.3) is 0 Å². The summed E-state index contributed by atoms with van der Waals surface area (Å²) in [5, 5.41) is 4.38. The molecule has 0 saturated carbocycles. The van der Waals surface area contributed by atoms with E-state index in [0.717, 1.165) is 31.2 Å². The normalized spacial score (nSPS) is 11.4. The van der Waals surface area contributed by atoms with Gasteiger partial charge in [0, 0.05) is 30.2 Å². The molecule has 0 aromatic carbocycles. The molecule has 0 unspecified atom stereocenters. The molecule has 0 atom stereocenters. The lowest BCUT2D eigenvalue weighted by Gasteiger charge is -2.23. The predicted molar refractivity (Wildman–Crippen MR) is 72.1 cm³/mol. The Morgan fingerprint density at radius 3 is 2.75 bits per heavy atom. The van der Waals surface area contributed by atoms with Gasteiger partial charge in [-0.15, -0.1) is 11.3 Å². The van der Waals surface area contributed by atoms with Gasteiger partial charge < -0.3 is 5.32 Å². The molecule has 4 heteroatoms. The molecular weight excluding hydrogens is 218 g/mol. The molecule has 92 valence electrons. The minimum atomic E-state index is 0.596. The van der Waals surface area contributed by atoms with Crippen LogP contribution in [0.1, 0.15) is 39.0 Å². The molecule has 0 aliphatic heterocycles. The quantitative estimate of drug-likeness (QED) is 0.794. The Morgan fingerprint density at radius 1 is 1.44 bits per heavy atom. The largest absolute Gasteiger partial charge is 0.362 e. The lowest BCUT2D eigenvalue weighted by molar-refractivity contribution is 0.227. The molecule has 0 radical (unpaired) electrons. The van der Waals surface area contributed by atoms with E-state index in [-0.39, 0.29) is 0 Å². The monoisotopic (exact) mass is 241 g/mol. The van der Waals surface area contributed by atoms with Crippen molar-refractivity contribution >= 4 is 16.5 Å². The Bertz CT molecular complexity index is 296. The van der Waals surface area contributed by atoms with Crippen LogP contribution in [0.15, 0.2) is 6.20 Å². The molecule has 0 aliphatic carbocycles. The molecular formula is C12H23N3S. The van der Waals surface area contributed by atoms with E-state index in [1.165, 1.54) is 4.88 Å². The van der Waals surface area contributed by atoms with E-state index >= 15 is 0 Å². The number of nitrogens with one attached hydrogen (secondary N) is 1.